The van der Waals surface area contributed by atoms with Crippen molar-refractivity contribution in [3.05, 3.63) is 18.0 Å². The molecule has 100 valence electrons. The highest BCUT2D eigenvalue weighted by molar-refractivity contribution is 5.76. The summed E-state index contributed by atoms with van der Waals surface area (Å²) < 4.78 is 24.5. The molecule has 1 aromatic rings. The number of hydrogen-bond acceptors (Lipinski definition) is 4. The van der Waals surface area contributed by atoms with E-state index in [-0.39, 0.29) is 17.4 Å². The van der Waals surface area contributed by atoms with Crippen molar-refractivity contribution in [3.8, 4) is 0 Å². The van der Waals surface area contributed by atoms with Gasteiger partial charge in [-0.2, -0.15) is 0 Å². The van der Waals surface area contributed by atoms with Crippen molar-refractivity contribution in [2.45, 2.75) is 32.7 Å². The molecule has 0 aliphatic heterocycles. The van der Waals surface area contributed by atoms with Crippen LogP contribution < -0.4 is 5.32 Å². The number of halogens is 2. The van der Waals surface area contributed by atoms with Gasteiger partial charge in [0, 0.05) is 12.4 Å². The Balaban J connectivity index is 2.72. The molecular formula is C11H15F2N3O2. The number of rotatable bonds is 6. The van der Waals surface area contributed by atoms with Crippen LogP contribution in [0, 0.1) is 5.92 Å². The van der Waals surface area contributed by atoms with Crippen LogP contribution in [-0.4, -0.2) is 27.1 Å². The first-order valence-electron chi connectivity index (χ1n) is 5.49. The average molecular weight is 259 g/mol. The minimum atomic E-state index is -2.63. The molecule has 0 fully saturated rings. The Labute approximate surface area is 103 Å². The third-order valence-electron chi connectivity index (χ3n) is 2.23. The molecule has 0 spiro atoms. The third kappa shape index (κ3) is 4.23. The average Bonchev–Trinajstić information content (AvgIpc) is 2.28. The first-order chi connectivity index (χ1) is 8.40. The quantitative estimate of drug-likeness (QED) is 0.820. The van der Waals surface area contributed by atoms with E-state index >= 15 is 0 Å². The van der Waals surface area contributed by atoms with Crippen molar-refractivity contribution in [1.82, 2.24) is 9.97 Å². The molecule has 1 unspecified atom stereocenters. The lowest BCUT2D eigenvalue weighted by Gasteiger charge is -2.16. The van der Waals surface area contributed by atoms with Gasteiger partial charge in [-0.1, -0.05) is 13.8 Å². The number of carbonyl (C=O) groups is 1. The molecule has 0 saturated heterocycles. The molecule has 0 saturated carbocycles. The first kappa shape index (κ1) is 14.3. The van der Waals surface area contributed by atoms with Crippen LogP contribution in [0.2, 0.25) is 0 Å². The van der Waals surface area contributed by atoms with E-state index in [0.29, 0.717) is 6.42 Å². The first-order valence-corrected chi connectivity index (χ1v) is 5.49. The molecule has 0 aromatic carbocycles. The number of nitrogens with zero attached hydrogens (tertiary/aromatic N) is 2. The minimum Gasteiger partial charge on any atom is -0.480 e. The summed E-state index contributed by atoms with van der Waals surface area (Å²) in [5.74, 6) is -0.809. The lowest BCUT2D eigenvalue weighted by atomic mass is 10.0. The van der Waals surface area contributed by atoms with Crippen LogP contribution >= 0.6 is 0 Å². The molecule has 1 aromatic heterocycles. The van der Waals surface area contributed by atoms with Gasteiger partial charge in [-0.3, -0.25) is 0 Å². The van der Waals surface area contributed by atoms with Gasteiger partial charge in [0.15, 0.2) is 0 Å². The summed E-state index contributed by atoms with van der Waals surface area (Å²) in [4.78, 5) is 18.3. The van der Waals surface area contributed by atoms with Crippen molar-refractivity contribution >= 4 is 11.9 Å². The number of anilines is 1. The zero-order chi connectivity index (χ0) is 13.7. The van der Waals surface area contributed by atoms with E-state index in [0.717, 1.165) is 12.4 Å². The second-order valence-electron chi connectivity index (χ2n) is 4.31. The third-order valence-corrected chi connectivity index (χ3v) is 2.23. The Hall–Kier alpha value is -1.79. The highest BCUT2D eigenvalue weighted by Gasteiger charge is 2.19. The zero-order valence-corrected chi connectivity index (χ0v) is 10.1. The van der Waals surface area contributed by atoms with Gasteiger partial charge in [-0.15, -0.1) is 0 Å². The molecule has 1 rings (SSSR count). The van der Waals surface area contributed by atoms with Gasteiger partial charge < -0.3 is 10.4 Å². The summed E-state index contributed by atoms with van der Waals surface area (Å²) in [6.45, 7) is 3.77. The maximum atomic E-state index is 12.3. The van der Waals surface area contributed by atoms with E-state index in [1.807, 2.05) is 13.8 Å². The Morgan fingerprint density at radius 2 is 1.94 bits per heavy atom. The predicted octanol–water partition coefficient (Wildman–Crippen LogP) is 2.33. The van der Waals surface area contributed by atoms with Gasteiger partial charge in [0.25, 0.3) is 6.43 Å². The molecule has 0 radical (unpaired) electrons. The van der Waals surface area contributed by atoms with Crippen LogP contribution in [0.25, 0.3) is 0 Å². The van der Waals surface area contributed by atoms with Crippen LogP contribution in [0.4, 0.5) is 14.7 Å². The van der Waals surface area contributed by atoms with Gasteiger partial charge in [-0.25, -0.2) is 23.5 Å². The van der Waals surface area contributed by atoms with Gasteiger partial charge in [0.2, 0.25) is 5.95 Å². The highest BCUT2D eigenvalue weighted by Crippen LogP contribution is 2.17. The fourth-order valence-electron chi connectivity index (χ4n) is 1.37. The standard InChI is InChI=1S/C11H15F2N3O2/c1-6(2)3-8(10(17)18)16-11-14-4-7(5-15-11)9(12)13/h4-6,8-9H,3H2,1-2H3,(H,17,18)(H,14,15,16). The predicted molar refractivity (Wildman–Crippen MR) is 61.5 cm³/mol. The Bertz CT molecular complexity index is 396. The van der Waals surface area contributed by atoms with Crippen molar-refractivity contribution in [1.29, 1.82) is 0 Å². The molecule has 7 heteroatoms. The number of carboxylic acids is 1. The molecule has 0 amide bonds. The summed E-state index contributed by atoms with van der Waals surface area (Å²) in [5.41, 5.74) is -0.295. The van der Waals surface area contributed by atoms with Crippen molar-refractivity contribution in [2.75, 3.05) is 5.32 Å². The molecule has 1 heterocycles. The van der Waals surface area contributed by atoms with E-state index in [1.165, 1.54) is 0 Å². The molecule has 5 nitrogen and oxygen atoms in total. The van der Waals surface area contributed by atoms with Crippen molar-refractivity contribution in [2.24, 2.45) is 5.92 Å². The number of aromatic nitrogens is 2. The maximum absolute atomic E-state index is 12.3. The lowest BCUT2D eigenvalue weighted by molar-refractivity contribution is -0.138. The summed E-state index contributed by atoms with van der Waals surface area (Å²) in [6.07, 6.45) is -0.275. The van der Waals surface area contributed by atoms with Crippen LogP contribution in [0.3, 0.4) is 0 Å². The topological polar surface area (TPSA) is 75.1 Å². The van der Waals surface area contributed by atoms with Gasteiger partial charge >= 0.3 is 5.97 Å². The van der Waals surface area contributed by atoms with Crippen molar-refractivity contribution in [3.63, 3.8) is 0 Å². The van der Waals surface area contributed by atoms with E-state index in [2.05, 4.69) is 15.3 Å². The second-order valence-corrected chi connectivity index (χ2v) is 4.31. The summed E-state index contributed by atoms with van der Waals surface area (Å²) in [7, 11) is 0. The SMILES string of the molecule is CC(C)CC(Nc1ncc(C(F)F)cn1)C(=O)O. The van der Waals surface area contributed by atoms with E-state index in [4.69, 9.17) is 5.11 Å². The van der Waals surface area contributed by atoms with Gasteiger partial charge in [0.05, 0.1) is 5.56 Å². The minimum absolute atomic E-state index is 0.0347. The molecule has 1 atom stereocenters. The monoisotopic (exact) mass is 259 g/mol. The van der Waals surface area contributed by atoms with Crippen LogP contribution in [0.15, 0.2) is 12.4 Å². The Morgan fingerprint density at radius 1 is 1.39 bits per heavy atom. The van der Waals surface area contributed by atoms with Crippen LogP contribution in [0.1, 0.15) is 32.3 Å². The Morgan fingerprint density at radius 3 is 2.33 bits per heavy atom. The number of carboxylic acid groups (broad SMARTS) is 1. The van der Waals surface area contributed by atoms with Crippen molar-refractivity contribution < 1.29 is 18.7 Å². The second kappa shape index (κ2) is 6.23. The number of hydrogen-bond donors (Lipinski definition) is 2. The van der Waals surface area contributed by atoms with Crippen LogP contribution in [-0.2, 0) is 4.79 Å². The molecule has 0 bridgehead atoms. The number of aliphatic carboxylic acids is 1. The fraction of sp³-hybridized carbons (Fsp3) is 0.545. The molecule has 0 aliphatic carbocycles. The largest absolute Gasteiger partial charge is 0.480 e. The highest BCUT2D eigenvalue weighted by atomic mass is 19.3. The zero-order valence-electron chi connectivity index (χ0n) is 10.1. The number of nitrogens with one attached hydrogen (secondary N) is 1. The number of alkyl halides is 2. The molecule has 18 heavy (non-hydrogen) atoms. The summed E-state index contributed by atoms with van der Waals surface area (Å²) in [5, 5.41) is 11.6. The summed E-state index contributed by atoms with van der Waals surface area (Å²) in [6, 6.07) is -0.831. The molecule has 0 aliphatic rings. The van der Waals surface area contributed by atoms with Gasteiger partial charge in [0.1, 0.15) is 6.04 Å². The van der Waals surface area contributed by atoms with E-state index in [1.54, 1.807) is 0 Å². The summed E-state index contributed by atoms with van der Waals surface area (Å²) >= 11 is 0. The maximum Gasteiger partial charge on any atom is 0.326 e. The lowest BCUT2D eigenvalue weighted by Crippen LogP contribution is -2.31. The smallest absolute Gasteiger partial charge is 0.326 e. The van der Waals surface area contributed by atoms with E-state index in [9.17, 15) is 13.6 Å². The normalized spacial score (nSPS) is 12.8. The van der Waals surface area contributed by atoms with E-state index < -0.39 is 18.4 Å². The van der Waals surface area contributed by atoms with Crippen LogP contribution in [0.5, 0.6) is 0 Å². The van der Waals surface area contributed by atoms with Gasteiger partial charge in [-0.05, 0) is 12.3 Å². The molecule has 2 N–H and O–H groups in total. The Kier molecular flexibility index (Phi) is 4.94. The molecular weight excluding hydrogens is 244 g/mol. The fourth-order valence-corrected chi connectivity index (χ4v) is 1.37.